The van der Waals surface area contributed by atoms with Gasteiger partial charge in [-0.05, 0) is 49.4 Å². The van der Waals surface area contributed by atoms with Crippen molar-refractivity contribution in [2.75, 3.05) is 36.0 Å². The number of nitrogens with zero attached hydrogens (tertiary/aromatic N) is 3. The number of hydrogen-bond acceptors (Lipinski definition) is 8. The largest absolute Gasteiger partial charge is 0.534 e. The number of nitriles is 1. The van der Waals surface area contributed by atoms with Gasteiger partial charge in [0.1, 0.15) is 29.2 Å². The molecule has 0 radical (unpaired) electrons. The van der Waals surface area contributed by atoms with Gasteiger partial charge in [0.2, 0.25) is 0 Å². The van der Waals surface area contributed by atoms with Gasteiger partial charge in [-0.15, -0.1) is 0 Å². The van der Waals surface area contributed by atoms with Gasteiger partial charge in [-0.3, -0.25) is 0 Å². The molecule has 1 fully saturated rings. The number of halogens is 4. The Morgan fingerprint density at radius 2 is 1.74 bits per heavy atom. The zero-order valence-electron chi connectivity index (χ0n) is 21.0. The third-order valence-electron chi connectivity index (χ3n) is 6.39. The summed E-state index contributed by atoms with van der Waals surface area (Å²) >= 11 is 0. The first-order chi connectivity index (χ1) is 18.5. The Morgan fingerprint density at radius 1 is 1.08 bits per heavy atom. The summed E-state index contributed by atoms with van der Waals surface area (Å²) in [5, 5.41) is 9.11. The van der Waals surface area contributed by atoms with Crippen molar-refractivity contribution < 1.29 is 39.6 Å². The molecule has 4 rings (SSSR count). The van der Waals surface area contributed by atoms with E-state index in [-0.39, 0.29) is 24.9 Å². The third-order valence-corrected chi connectivity index (χ3v) is 7.39. The summed E-state index contributed by atoms with van der Waals surface area (Å²) in [7, 11) is -5.81. The molecule has 0 spiro atoms. The van der Waals surface area contributed by atoms with Crippen molar-refractivity contribution in [1.29, 1.82) is 5.26 Å². The monoisotopic (exact) mass is 569 g/mol. The summed E-state index contributed by atoms with van der Waals surface area (Å²) in [5.74, 6) is 0.465. The van der Waals surface area contributed by atoms with Crippen LogP contribution in [0.4, 0.5) is 28.9 Å². The number of ether oxygens (including phenoxy) is 2. The van der Waals surface area contributed by atoms with Gasteiger partial charge in [0.15, 0.2) is 0 Å². The van der Waals surface area contributed by atoms with Gasteiger partial charge < -0.3 is 23.5 Å². The Morgan fingerprint density at radius 3 is 2.36 bits per heavy atom. The Hall–Kier alpha value is -3.66. The topological polar surface area (TPSA) is 92.1 Å². The average molecular weight is 570 g/mol. The Balaban J connectivity index is 1.35. The van der Waals surface area contributed by atoms with Crippen LogP contribution in [0.15, 0.2) is 54.3 Å². The van der Waals surface area contributed by atoms with E-state index in [1.807, 2.05) is 17.9 Å². The molecule has 2 aromatic rings. The molecule has 0 bridgehead atoms. The third kappa shape index (κ3) is 6.68. The number of piperidine rings is 1. The van der Waals surface area contributed by atoms with Crippen LogP contribution in [0.2, 0.25) is 0 Å². The SMILES string of the molecule is CCOc1ccc(F)c(N2CCC(Oc3ccc(N4CC(OS(=O)(=O)C(F)(F)F)=C[C@@H]4CC#N)cc3)CC2)c1. The number of hydrogen-bond donors (Lipinski definition) is 0. The second-order valence-corrected chi connectivity index (χ2v) is 10.6. The predicted octanol–water partition coefficient (Wildman–Crippen LogP) is 5.12. The minimum Gasteiger partial charge on any atom is -0.494 e. The van der Waals surface area contributed by atoms with E-state index in [0.717, 1.165) is 0 Å². The lowest BCUT2D eigenvalue weighted by Crippen LogP contribution is -2.38. The van der Waals surface area contributed by atoms with Crippen molar-refractivity contribution in [2.45, 2.75) is 43.8 Å². The van der Waals surface area contributed by atoms with E-state index in [4.69, 9.17) is 14.7 Å². The highest BCUT2D eigenvalue weighted by atomic mass is 32.2. The van der Waals surface area contributed by atoms with Gasteiger partial charge in [0.25, 0.3) is 0 Å². The van der Waals surface area contributed by atoms with Crippen LogP contribution in [0.25, 0.3) is 0 Å². The molecule has 39 heavy (non-hydrogen) atoms. The highest BCUT2D eigenvalue weighted by molar-refractivity contribution is 7.87. The highest BCUT2D eigenvalue weighted by Crippen LogP contribution is 2.33. The summed E-state index contributed by atoms with van der Waals surface area (Å²) in [6.07, 6.45) is 2.35. The summed E-state index contributed by atoms with van der Waals surface area (Å²) in [4.78, 5) is 3.53. The Labute approximate surface area is 224 Å². The second kappa shape index (κ2) is 11.6. The van der Waals surface area contributed by atoms with E-state index >= 15 is 0 Å². The molecule has 1 saturated heterocycles. The highest BCUT2D eigenvalue weighted by Gasteiger charge is 2.49. The molecule has 210 valence electrons. The smallest absolute Gasteiger partial charge is 0.494 e. The van der Waals surface area contributed by atoms with Gasteiger partial charge >= 0.3 is 15.6 Å². The average Bonchev–Trinajstić information content (AvgIpc) is 3.27. The summed E-state index contributed by atoms with van der Waals surface area (Å²) < 4.78 is 91.2. The van der Waals surface area contributed by atoms with E-state index in [2.05, 4.69) is 4.18 Å². The van der Waals surface area contributed by atoms with Crippen molar-refractivity contribution in [3.05, 3.63) is 60.1 Å². The number of benzene rings is 2. The number of anilines is 2. The van der Waals surface area contributed by atoms with Crippen LogP contribution in [0, 0.1) is 17.1 Å². The molecule has 2 heterocycles. The zero-order valence-corrected chi connectivity index (χ0v) is 21.8. The standard InChI is InChI=1S/C26H27F4N3O5S/c1-2-36-22-7-8-24(27)25(16-22)32-13-10-21(11-14-32)37-20-5-3-18(4-6-20)33-17-23(15-19(33)9-12-31)38-39(34,35)26(28,29)30/h3-8,15-16,19,21H,2,9-11,13-14,17H2,1H3/t19-/m0/s1. The van der Waals surface area contributed by atoms with E-state index in [1.165, 1.54) is 12.1 Å². The molecular formula is C26H27F4N3O5S. The molecule has 0 aliphatic carbocycles. The predicted molar refractivity (Wildman–Crippen MR) is 135 cm³/mol. The molecule has 0 amide bonds. The van der Waals surface area contributed by atoms with Crippen molar-refractivity contribution >= 4 is 21.5 Å². The first-order valence-electron chi connectivity index (χ1n) is 12.3. The molecule has 0 N–H and O–H groups in total. The van der Waals surface area contributed by atoms with Gasteiger partial charge in [0.05, 0.1) is 37.4 Å². The second-order valence-electron chi connectivity index (χ2n) is 9.02. The lowest BCUT2D eigenvalue weighted by Gasteiger charge is -2.34. The summed E-state index contributed by atoms with van der Waals surface area (Å²) in [5.41, 5.74) is -4.51. The van der Waals surface area contributed by atoms with Gasteiger partial charge in [-0.1, -0.05) is 0 Å². The van der Waals surface area contributed by atoms with E-state index in [0.29, 0.717) is 55.4 Å². The maximum Gasteiger partial charge on any atom is 0.534 e. The summed E-state index contributed by atoms with van der Waals surface area (Å²) in [6, 6.07) is 12.7. The van der Waals surface area contributed by atoms with E-state index < -0.39 is 27.4 Å². The van der Waals surface area contributed by atoms with E-state index in [9.17, 15) is 26.0 Å². The van der Waals surface area contributed by atoms with Crippen LogP contribution in [0.5, 0.6) is 11.5 Å². The van der Waals surface area contributed by atoms with Crippen molar-refractivity contribution in [3.8, 4) is 17.6 Å². The maximum atomic E-state index is 14.4. The Bertz CT molecular complexity index is 1330. The maximum absolute atomic E-state index is 14.4. The molecule has 2 aliphatic rings. The number of rotatable bonds is 9. The first kappa shape index (κ1) is 28.4. The van der Waals surface area contributed by atoms with Crippen molar-refractivity contribution in [3.63, 3.8) is 0 Å². The normalized spacial score (nSPS) is 18.5. The number of alkyl halides is 3. The molecule has 8 nitrogen and oxygen atoms in total. The van der Waals surface area contributed by atoms with Crippen LogP contribution in [0.1, 0.15) is 26.2 Å². The fourth-order valence-corrected chi connectivity index (χ4v) is 5.03. The van der Waals surface area contributed by atoms with Crippen LogP contribution in [0.3, 0.4) is 0 Å². The first-order valence-corrected chi connectivity index (χ1v) is 13.7. The molecule has 0 saturated carbocycles. The fraction of sp³-hybridized carbons (Fsp3) is 0.423. The van der Waals surface area contributed by atoms with Gasteiger partial charge in [-0.2, -0.15) is 26.9 Å². The molecule has 13 heteroatoms. The zero-order chi connectivity index (χ0) is 28.2. The van der Waals surface area contributed by atoms with E-state index in [1.54, 1.807) is 41.3 Å². The Kier molecular flexibility index (Phi) is 8.44. The molecule has 0 unspecified atom stereocenters. The lowest BCUT2D eigenvalue weighted by molar-refractivity contribution is -0.0521. The van der Waals surface area contributed by atoms with Crippen LogP contribution in [-0.2, 0) is 14.3 Å². The molecule has 2 aliphatic heterocycles. The molecular weight excluding hydrogens is 542 g/mol. The molecule has 0 aromatic heterocycles. The van der Waals surface area contributed by atoms with Crippen LogP contribution in [-0.4, -0.2) is 52.3 Å². The summed E-state index contributed by atoms with van der Waals surface area (Å²) in [6.45, 7) is 3.29. The van der Waals surface area contributed by atoms with Crippen LogP contribution >= 0.6 is 0 Å². The fourth-order valence-electron chi connectivity index (χ4n) is 4.54. The van der Waals surface area contributed by atoms with Gasteiger partial charge in [0, 0.05) is 37.7 Å². The van der Waals surface area contributed by atoms with Crippen LogP contribution < -0.4 is 19.3 Å². The van der Waals surface area contributed by atoms with Crippen molar-refractivity contribution in [2.24, 2.45) is 0 Å². The molecule has 2 aromatic carbocycles. The molecule has 1 atom stereocenters. The van der Waals surface area contributed by atoms with Gasteiger partial charge in [-0.25, -0.2) is 4.39 Å². The lowest BCUT2D eigenvalue weighted by atomic mass is 10.1. The minimum absolute atomic E-state index is 0.0795. The minimum atomic E-state index is -5.81. The quantitative estimate of drug-likeness (QED) is 0.233. The van der Waals surface area contributed by atoms with Crippen molar-refractivity contribution in [1.82, 2.24) is 0 Å².